The molecular formula is C14H20N2O3S. The lowest BCUT2D eigenvalue weighted by Gasteiger charge is -2.25. The van der Waals surface area contributed by atoms with Crippen molar-refractivity contribution in [3.8, 4) is 0 Å². The van der Waals surface area contributed by atoms with E-state index in [0.29, 0.717) is 13.0 Å². The summed E-state index contributed by atoms with van der Waals surface area (Å²) < 4.78 is 24.9. The van der Waals surface area contributed by atoms with E-state index < -0.39 is 10.0 Å². The second-order valence-corrected chi connectivity index (χ2v) is 7.31. The Bertz CT molecular complexity index is 611. The number of hydrogen-bond acceptors (Lipinski definition) is 3. The minimum atomic E-state index is -3.26. The standard InChI is InChI=1S/C14H20N2O3S/c1-11-5-6-13(12(2)9-11)15-14(17)10-16-7-3-4-8-20(16,18)19/h5-6,9H,3-4,7-8,10H2,1-2H3,(H,15,17). The lowest BCUT2D eigenvalue weighted by Crippen LogP contribution is -2.42. The molecule has 1 aromatic carbocycles. The van der Waals surface area contributed by atoms with Crippen molar-refractivity contribution < 1.29 is 13.2 Å². The highest BCUT2D eigenvalue weighted by Crippen LogP contribution is 2.17. The van der Waals surface area contributed by atoms with Crippen molar-refractivity contribution in [2.45, 2.75) is 26.7 Å². The number of aryl methyl sites for hydroxylation is 2. The van der Waals surface area contributed by atoms with E-state index in [-0.39, 0.29) is 18.2 Å². The summed E-state index contributed by atoms with van der Waals surface area (Å²) in [6.07, 6.45) is 1.49. The van der Waals surface area contributed by atoms with Crippen molar-refractivity contribution in [2.24, 2.45) is 0 Å². The molecule has 1 saturated heterocycles. The van der Waals surface area contributed by atoms with Gasteiger partial charge in [-0.2, -0.15) is 4.31 Å². The summed E-state index contributed by atoms with van der Waals surface area (Å²) in [5.41, 5.74) is 2.83. The number of hydrogen-bond donors (Lipinski definition) is 1. The summed E-state index contributed by atoms with van der Waals surface area (Å²) in [6, 6.07) is 5.74. The number of sulfonamides is 1. The quantitative estimate of drug-likeness (QED) is 0.922. The van der Waals surface area contributed by atoms with E-state index in [2.05, 4.69) is 5.32 Å². The van der Waals surface area contributed by atoms with Crippen LogP contribution in [-0.4, -0.2) is 37.5 Å². The summed E-state index contributed by atoms with van der Waals surface area (Å²) in [5, 5.41) is 2.78. The minimum Gasteiger partial charge on any atom is -0.325 e. The van der Waals surface area contributed by atoms with Crippen LogP contribution < -0.4 is 5.32 Å². The zero-order valence-electron chi connectivity index (χ0n) is 11.8. The highest BCUT2D eigenvalue weighted by molar-refractivity contribution is 7.89. The Labute approximate surface area is 120 Å². The monoisotopic (exact) mass is 296 g/mol. The van der Waals surface area contributed by atoms with Crippen LogP contribution in [0.15, 0.2) is 18.2 Å². The van der Waals surface area contributed by atoms with Crippen LogP contribution in [0.4, 0.5) is 5.69 Å². The van der Waals surface area contributed by atoms with E-state index in [1.165, 1.54) is 4.31 Å². The largest absolute Gasteiger partial charge is 0.325 e. The third-order valence-electron chi connectivity index (χ3n) is 3.43. The van der Waals surface area contributed by atoms with Crippen LogP contribution >= 0.6 is 0 Å². The smallest absolute Gasteiger partial charge is 0.239 e. The number of anilines is 1. The average Bonchev–Trinajstić information content (AvgIpc) is 2.35. The molecule has 1 aliphatic rings. The molecule has 0 aromatic heterocycles. The first-order valence-corrected chi connectivity index (χ1v) is 8.34. The number of nitrogens with one attached hydrogen (secondary N) is 1. The Balaban J connectivity index is 2.02. The van der Waals surface area contributed by atoms with Gasteiger partial charge in [-0.1, -0.05) is 17.7 Å². The third kappa shape index (κ3) is 3.58. The van der Waals surface area contributed by atoms with Gasteiger partial charge < -0.3 is 5.32 Å². The van der Waals surface area contributed by atoms with Gasteiger partial charge in [-0.15, -0.1) is 0 Å². The molecular weight excluding hydrogens is 276 g/mol. The number of nitrogens with zero attached hydrogens (tertiary/aromatic N) is 1. The van der Waals surface area contributed by atoms with Crippen LogP contribution in [0.25, 0.3) is 0 Å². The molecule has 2 rings (SSSR count). The van der Waals surface area contributed by atoms with Gasteiger partial charge in [0.2, 0.25) is 15.9 Å². The maximum atomic E-state index is 12.0. The highest BCUT2D eigenvalue weighted by Gasteiger charge is 2.27. The molecule has 20 heavy (non-hydrogen) atoms. The molecule has 110 valence electrons. The van der Waals surface area contributed by atoms with Gasteiger partial charge in [0, 0.05) is 12.2 Å². The highest BCUT2D eigenvalue weighted by atomic mass is 32.2. The first kappa shape index (κ1) is 15.0. The molecule has 1 fully saturated rings. The number of amides is 1. The first-order chi connectivity index (χ1) is 9.38. The maximum Gasteiger partial charge on any atom is 0.239 e. The maximum absolute atomic E-state index is 12.0. The first-order valence-electron chi connectivity index (χ1n) is 6.73. The molecule has 0 bridgehead atoms. The van der Waals surface area contributed by atoms with E-state index in [1.54, 1.807) is 0 Å². The summed E-state index contributed by atoms with van der Waals surface area (Å²) in [4.78, 5) is 12.0. The van der Waals surface area contributed by atoms with Crippen LogP contribution in [0.2, 0.25) is 0 Å². The van der Waals surface area contributed by atoms with Crippen molar-refractivity contribution in [2.75, 3.05) is 24.2 Å². The van der Waals surface area contributed by atoms with E-state index in [1.807, 2.05) is 32.0 Å². The molecule has 0 aliphatic carbocycles. The Hall–Kier alpha value is -1.40. The average molecular weight is 296 g/mol. The van der Waals surface area contributed by atoms with Gasteiger partial charge in [0.1, 0.15) is 0 Å². The summed E-state index contributed by atoms with van der Waals surface area (Å²) in [6.45, 7) is 4.23. The molecule has 1 aromatic rings. The zero-order chi connectivity index (χ0) is 14.8. The molecule has 0 saturated carbocycles. The molecule has 0 spiro atoms. The normalized spacial score (nSPS) is 18.7. The molecule has 1 amide bonds. The Morgan fingerprint density at radius 1 is 1.30 bits per heavy atom. The Kier molecular flexibility index (Phi) is 4.45. The molecule has 0 unspecified atom stereocenters. The van der Waals surface area contributed by atoms with Crippen LogP contribution in [-0.2, 0) is 14.8 Å². The van der Waals surface area contributed by atoms with Gasteiger partial charge >= 0.3 is 0 Å². The fraction of sp³-hybridized carbons (Fsp3) is 0.500. The second kappa shape index (κ2) is 5.93. The molecule has 0 radical (unpaired) electrons. The van der Waals surface area contributed by atoms with Crippen LogP contribution in [0, 0.1) is 13.8 Å². The SMILES string of the molecule is Cc1ccc(NC(=O)CN2CCCCS2(=O)=O)c(C)c1. The van der Waals surface area contributed by atoms with Crippen LogP contribution in [0.5, 0.6) is 0 Å². The van der Waals surface area contributed by atoms with Crippen molar-refractivity contribution in [1.82, 2.24) is 4.31 Å². The van der Waals surface area contributed by atoms with Crippen molar-refractivity contribution in [3.05, 3.63) is 29.3 Å². The lowest BCUT2D eigenvalue weighted by molar-refractivity contribution is -0.116. The van der Waals surface area contributed by atoms with Gasteiger partial charge in [0.25, 0.3) is 0 Å². The fourth-order valence-corrected chi connectivity index (χ4v) is 3.87. The van der Waals surface area contributed by atoms with Crippen molar-refractivity contribution >= 4 is 21.6 Å². The van der Waals surface area contributed by atoms with Gasteiger partial charge in [0.15, 0.2) is 0 Å². The Morgan fingerprint density at radius 3 is 2.70 bits per heavy atom. The predicted molar refractivity (Wildman–Crippen MR) is 79.1 cm³/mol. The number of carbonyl (C=O) groups excluding carboxylic acids is 1. The van der Waals surface area contributed by atoms with E-state index in [9.17, 15) is 13.2 Å². The van der Waals surface area contributed by atoms with E-state index in [0.717, 1.165) is 23.2 Å². The predicted octanol–water partition coefficient (Wildman–Crippen LogP) is 1.67. The second-order valence-electron chi connectivity index (χ2n) is 5.22. The summed E-state index contributed by atoms with van der Waals surface area (Å²) in [5.74, 6) is -0.147. The minimum absolute atomic E-state index is 0.102. The summed E-state index contributed by atoms with van der Waals surface area (Å²) >= 11 is 0. The van der Waals surface area contributed by atoms with Crippen LogP contribution in [0.3, 0.4) is 0 Å². The topological polar surface area (TPSA) is 66.5 Å². The van der Waals surface area contributed by atoms with E-state index >= 15 is 0 Å². The van der Waals surface area contributed by atoms with Crippen molar-refractivity contribution in [3.63, 3.8) is 0 Å². The van der Waals surface area contributed by atoms with Crippen LogP contribution in [0.1, 0.15) is 24.0 Å². The molecule has 1 N–H and O–H groups in total. The fourth-order valence-electron chi connectivity index (χ4n) is 2.32. The molecule has 1 heterocycles. The Morgan fingerprint density at radius 2 is 2.05 bits per heavy atom. The zero-order valence-corrected chi connectivity index (χ0v) is 12.7. The molecule has 5 nitrogen and oxygen atoms in total. The number of benzene rings is 1. The van der Waals surface area contributed by atoms with E-state index in [4.69, 9.17) is 0 Å². The summed E-state index contributed by atoms with van der Waals surface area (Å²) in [7, 11) is -3.26. The van der Waals surface area contributed by atoms with Crippen molar-refractivity contribution in [1.29, 1.82) is 0 Å². The molecule has 6 heteroatoms. The van der Waals surface area contributed by atoms with Gasteiger partial charge in [-0.3, -0.25) is 4.79 Å². The molecule has 0 atom stereocenters. The van der Waals surface area contributed by atoms with Gasteiger partial charge in [-0.05, 0) is 38.3 Å². The number of rotatable bonds is 3. The lowest BCUT2D eigenvalue weighted by atomic mass is 10.1. The van der Waals surface area contributed by atoms with Gasteiger partial charge in [-0.25, -0.2) is 8.42 Å². The molecule has 1 aliphatic heterocycles. The number of carbonyl (C=O) groups is 1. The third-order valence-corrected chi connectivity index (χ3v) is 5.33. The van der Waals surface area contributed by atoms with Gasteiger partial charge in [0.05, 0.1) is 12.3 Å².